The van der Waals surface area contributed by atoms with E-state index < -0.39 is 11.9 Å². The highest BCUT2D eigenvalue weighted by atomic mass is 32.1. The molecule has 2 rings (SSSR count). The van der Waals surface area contributed by atoms with Gasteiger partial charge in [0.15, 0.2) is 5.13 Å². The third-order valence-electron chi connectivity index (χ3n) is 3.73. The van der Waals surface area contributed by atoms with Gasteiger partial charge in [-0.2, -0.15) is 0 Å². The van der Waals surface area contributed by atoms with Gasteiger partial charge < -0.3 is 20.4 Å². The van der Waals surface area contributed by atoms with Gasteiger partial charge in [0, 0.05) is 24.0 Å². The Bertz CT molecular complexity index is 673. The summed E-state index contributed by atoms with van der Waals surface area (Å²) in [4.78, 5) is 26.3. The highest BCUT2D eigenvalue weighted by Crippen LogP contribution is 2.24. The van der Waals surface area contributed by atoms with E-state index in [1.807, 2.05) is 18.2 Å². The molecule has 0 saturated carbocycles. The van der Waals surface area contributed by atoms with E-state index in [-0.39, 0.29) is 12.8 Å². The van der Waals surface area contributed by atoms with Crippen LogP contribution >= 0.6 is 11.3 Å². The lowest BCUT2D eigenvalue weighted by atomic mass is 10.2. The molecular formula is C19H27N3O4S. The summed E-state index contributed by atoms with van der Waals surface area (Å²) in [5.74, 6) is -2.15. The maximum Gasteiger partial charge on any atom is 0.303 e. The maximum absolute atomic E-state index is 9.64. The number of nitrogens with zero attached hydrogens (tertiary/aromatic N) is 2. The molecule has 0 aliphatic rings. The van der Waals surface area contributed by atoms with Crippen molar-refractivity contribution in [3.8, 4) is 11.3 Å². The lowest BCUT2D eigenvalue weighted by Gasteiger charge is -2.17. The van der Waals surface area contributed by atoms with Crippen molar-refractivity contribution in [1.29, 1.82) is 0 Å². The molecule has 0 bridgehead atoms. The summed E-state index contributed by atoms with van der Waals surface area (Å²) in [6.07, 6.45) is -0.593. The molecule has 0 radical (unpaired) electrons. The molecule has 0 fully saturated rings. The van der Waals surface area contributed by atoms with Gasteiger partial charge in [-0.3, -0.25) is 9.59 Å². The molecule has 8 heteroatoms. The van der Waals surface area contributed by atoms with Crippen molar-refractivity contribution in [3.63, 3.8) is 0 Å². The minimum atomic E-state index is -1.08. The number of carboxylic acids is 2. The summed E-state index contributed by atoms with van der Waals surface area (Å²) in [5.41, 5.74) is 2.23. The molecular weight excluding hydrogens is 366 g/mol. The van der Waals surface area contributed by atoms with Gasteiger partial charge in [0.25, 0.3) is 0 Å². The number of carboxylic acid groups (broad SMARTS) is 2. The molecule has 7 nitrogen and oxygen atoms in total. The van der Waals surface area contributed by atoms with Crippen LogP contribution in [0.2, 0.25) is 0 Å². The summed E-state index contributed by atoms with van der Waals surface area (Å²) in [7, 11) is 0. The second-order valence-corrected chi connectivity index (χ2v) is 6.50. The van der Waals surface area contributed by atoms with Crippen LogP contribution < -0.4 is 5.32 Å². The SMILES string of the molecule is CCN(CC)CCNc1nc(-c2ccccc2)cs1.O=C(O)CCC(=O)O. The van der Waals surface area contributed by atoms with Crippen LogP contribution in [-0.2, 0) is 9.59 Å². The molecule has 1 aromatic carbocycles. The number of hydrogen-bond acceptors (Lipinski definition) is 6. The molecule has 1 aromatic heterocycles. The Morgan fingerprint density at radius 2 is 1.67 bits per heavy atom. The molecule has 148 valence electrons. The van der Waals surface area contributed by atoms with Crippen molar-refractivity contribution < 1.29 is 19.8 Å². The monoisotopic (exact) mass is 393 g/mol. The predicted octanol–water partition coefficient (Wildman–Crippen LogP) is 3.50. The number of hydrogen-bond donors (Lipinski definition) is 3. The number of nitrogens with one attached hydrogen (secondary N) is 1. The number of thiazole rings is 1. The first-order valence-corrected chi connectivity index (χ1v) is 9.75. The van der Waals surface area contributed by atoms with Gasteiger partial charge in [-0.15, -0.1) is 11.3 Å². The lowest BCUT2D eigenvalue weighted by molar-refractivity contribution is -0.143. The summed E-state index contributed by atoms with van der Waals surface area (Å²) in [6, 6.07) is 10.3. The smallest absolute Gasteiger partial charge is 0.303 e. The number of benzene rings is 1. The van der Waals surface area contributed by atoms with Crippen molar-refractivity contribution in [2.45, 2.75) is 26.7 Å². The van der Waals surface area contributed by atoms with E-state index in [0.29, 0.717) is 0 Å². The van der Waals surface area contributed by atoms with E-state index in [1.165, 1.54) is 5.56 Å². The van der Waals surface area contributed by atoms with Crippen molar-refractivity contribution in [3.05, 3.63) is 35.7 Å². The third kappa shape index (κ3) is 9.72. The van der Waals surface area contributed by atoms with Gasteiger partial charge >= 0.3 is 11.9 Å². The van der Waals surface area contributed by atoms with E-state index in [4.69, 9.17) is 10.2 Å². The van der Waals surface area contributed by atoms with Gasteiger partial charge in [-0.25, -0.2) is 4.98 Å². The van der Waals surface area contributed by atoms with Gasteiger partial charge in [-0.05, 0) is 13.1 Å². The van der Waals surface area contributed by atoms with E-state index in [2.05, 4.69) is 46.6 Å². The molecule has 1 heterocycles. The molecule has 0 unspecified atom stereocenters. The van der Waals surface area contributed by atoms with Gasteiger partial charge in [0.05, 0.1) is 18.5 Å². The second-order valence-electron chi connectivity index (χ2n) is 5.65. The fourth-order valence-corrected chi connectivity index (χ4v) is 2.92. The molecule has 0 atom stereocenters. The number of anilines is 1. The van der Waals surface area contributed by atoms with Crippen molar-refractivity contribution in [2.75, 3.05) is 31.5 Å². The predicted molar refractivity (Wildman–Crippen MR) is 108 cm³/mol. The van der Waals surface area contributed by atoms with Gasteiger partial charge in [0.1, 0.15) is 0 Å². The van der Waals surface area contributed by atoms with E-state index in [0.717, 1.165) is 37.0 Å². The summed E-state index contributed by atoms with van der Waals surface area (Å²) in [6.45, 7) is 8.61. The molecule has 0 amide bonds. The average molecular weight is 394 g/mol. The zero-order valence-electron chi connectivity index (χ0n) is 15.7. The highest BCUT2D eigenvalue weighted by Gasteiger charge is 2.04. The summed E-state index contributed by atoms with van der Waals surface area (Å²) in [5, 5.41) is 22.3. The molecule has 2 aromatic rings. The maximum atomic E-state index is 9.64. The zero-order chi connectivity index (χ0) is 20.1. The Labute approximate surface area is 163 Å². The Kier molecular flexibility index (Phi) is 10.7. The molecule has 0 aliphatic carbocycles. The number of aromatic nitrogens is 1. The first-order chi connectivity index (χ1) is 13.0. The van der Waals surface area contributed by atoms with Crippen molar-refractivity contribution >= 4 is 28.4 Å². The molecule has 0 aliphatic heterocycles. The largest absolute Gasteiger partial charge is 0.481 e. The van der Waals surface area contributed by atoms with Gasteiger partial charge in [-0.1, -0.05) is 44.2 Å². The zero-order valence-corrected chi connectivity index (χ0v) is 16.5. The minimum Gasteiger partial charge on any atom is -0.481 e. The normalized spacial score (nSPS) is 10.2. The van der Waals surface area contributed by atoms with Crippen LogP contribution in [0.5, 0.6) is 0 Å². The van der Waals surface area contributed by atoms with Crippen molar-refractivity contribution in [2.24, 2.45) is 0 Å². The number of rotatable bonds is 10. The van der Waals surface area contributed by atoms with Crippen LogP contribution in [0.15, 0.2) is 35.7 Å². The molecule has 27 heavy (non-hydrogen) atoms. The number of carbonyl (C=O) groups is 2. The third-order valence-corrected chi connectivity index (χ3v) is 4.53. The first kappa shape index (κ1) is 22.6. The second kappa shape index (κ2) is 12.8. The highest BCUT2D eigenvalue weighted by molar-refractivity contribution is 7.14. The number of aliphatic carboxylic acids is 2. The lowest BCUT2D eigenvalue weighted by Crippen LogP contribution is -2.28. The Balaban J connectivity index is 0.000000387. The van der Waals surface area contributed by atoms with Crippen LogP contribution in [-0.4, -0.2) is 58.2 Å². The topological polar surface area (TPSA) is 103 Å². The van der Waals surface area contributed by atoms with Crippen molar-refractivity contribution in [1.82, 2.24) is 9.88 Å². The molecule has 0 saturated heterocycles. The average Bonchev–Trinajstić information content (AvgIpc) is 3.14. The Morgan fingerprint density at radius 3 is 2.19 bits per heavy atom. The standard InChI is InChI=1S/C15H21N3S.C4H6O4/c1-3-18(4-2)11-10-16-15-17-14(12-19-15)13-8-6-5-7-9-13;5-3(6)1-2-4(7)8/h5-9,12H,3-4,10-11H2,1-2H3,(H,16,17);1-2H2,(H,5,6)(H,7,8). The quantitative estimate of drug-likeness (QED) is 0.568. The van der Waals surface area contributed by atoms with Crippen LogP contribution in [0.25, 0.3) is 11.3 Å². The number of likely N-dealkylation sites (N-methyl/N-ethyl adjacent to an activating group) is 1. The fourth-order valence-electron chi connectivity index (χ4n) is 2.17. The molecule has 3 N–H and O–H groups in total. The van der Waals surface area contributed by atoms with Gasteiger partial charge in [0.2, 0.25) is 0 Å². The summed E-state index contributed by atoms with van der Waals surface area (Å²) >= 11 is 1.67. The van der Waals surface area contributed by atoms with Crippen LogP contribution in [0.1, 0.15) is 26.7 Å². The fraction of sp³-hybridized carbons (Fsp3) is 0.421. The summed E-state index contributed by atoms with van der Waals surface area (Å²) < 4.78 is 0. The van der Waals surface area contributed by atoms with Crippen LogP contribution in [0.4, 0.5) is 5.13 Å². The van der Waals surface area contributed by atoms with Crippen LogP contribution in [0.3, 0.4) is 0 Å². The first-order valence-electron chi connectivity index (χ1n) is 8.87. The van der Waals surface area contributed by atoms with Crippen LogP contribution in [0, 0.1) is 0 Å². The van der Waals surface area contributed by atoms with E-state index >= 15 is 0 Å². The molecule has 0 spiro atoms. The minimum absolute atomic E-state index is 0.296. The Hall–Kier alpha value is -2.45. The van der Waals surface area contributed by atoms with E-state index in [9.17, 15) is 9.59 Å². The van der Waals surface area contributed by atoms with E-state index in [1.54, 1.807) is 11.3 Å². The Morgan fingerprint density at radius 1 is 1.07 bits per heavy atom.